The third kappa shape index (κ3) is 11.4. The first kappa shape index (κ1) is 27.8. The van der Waals surface area contributed by atoms with Gasteiger partial charge in [-0.05, 0) is 39.8 Å². The molecule has 32 heavy (non-hydrogen) atoms. The first-order valence-corrected chi connectivity index (χ1v) is 10.5. The predicted molar refractivity (Wildman–Crippen MR) is 114 cm³/mol. The number of hydrogen-bond acceptors (Lipinski definition) is 6. The van der Waals surface area contributed by atoms with Crippen LogP contribution < -0.4 is 0 Å². The van der Waals surface area contributed by atoms with E-state index in [1.807, 2.05) is 4.90 Å². The quantitative estimate of drug-likeness (QED) is 0.218. The van der Waals surface area contributed by atoms with Crippen LogP contribution >= 0.6 is 11.6 Å². The Labute approximate surface area is 191 Å². The van der Waals surface area contributed by atoms with Crippen LogP contribution in [0.2, 0.25) is 0 Å². The lowest BCUT2D eigenvalue weighted by atomic mass is 10.1. The van der Waals surface area contributed by atoms with E-state index in [0.717, 1.165) is 12.2 Å². The highest BCUT2D eigenvalue weighted by molar-refractivity contribution is 6.31. The van der Waals surface area contributed by atoms with Gasteiger partial charge in [-0.1, -0.05) is 18.2 Å². The monoisotopic (exact) mass is 482 g/mol. The van der Waals surface area contributed by atoms with Crippen molar-refractivity contribution in [2.75, 3.05) is 39.3 Å². The van der Waals surface area contributed by atoms with E-state index >= 15 is 0 Å². The van der Waals surface area contributed by atoms with Crippen molar-refractivity contribution in [2.45, 2.75) is 46.1 Å². The molecule has 1 fully saturated rings. The number of alkyl halides is 3. The molecule has 0 aromatic heterocycles. The Balaban J connectivity index is 2.82. The number of amides is 1. The van der Waals surface area contributed by atoms with Gasteiger partial charge in [0, 0.05) is 44.2 Å². The number of rotatable bonds is 8. The minimum absolute atomic E-state index is 0.0379. The number of carbonyl (C=O) groups excluding carboxylic acids is 2. The maximum absolute atomic E-state index is 12.9. The summed E-state index contributed by atoms with van der Waals surface area (Å²) in [5.74, 6) is -1.31. The Morgan fingerprint density at radius 2 is 1.66 bits per heavy atom. The van der Waals surface area contributed by atoms with E-state index in [-0.39, 0.29) is 30.2 Å². The lowest BCUT2D eigenvalue weighted by Gasteiger charge is -2.35. The molecule has 0 unspecified atom stereocenters. The van der Waals surface area contributed by atoms with Gasteiger partial charge in [0.05, 0.1) is 12.2 Å². The summed E-state index contributed by atoms with van der Waals surface area (Å²) in [5, 5.41) is -0.0473. The van der Waals surface area contributed by atoms with Gasteiger partial charge in [0.15, 0.2) is 0 Å². The van der Waals surface area contributed by atoms with Gasteiger partial charge in [-0.25, -0.2) is 9.59 Å². The smallest absolute Gasteiger partial charge is 0.462 e. The standard InChI is InChI=1S/C21H30ClF3N2O5/c1-6-30-18(28)16(13-15(2)22)14-17(31-21(23,24)25)7-8-26-9-11-27(12-10-26)19(29)32-20(3,4)5/h13-14H,2,6-12H2,1,3-5H3/b16-13+,17-14+. The molecule has 0 spiro atoms. The maximum Gasteiger partial charge on any atom is 0.572 e. The van der Waals surface area contributed by atoms with Crippen molar-refractivity contribution in [3.8, 4) is 0 Å². The van der Waals surface area contributed by atoms with Crippen LogP contribution in [0, 0.1) is 0 Å². The predicted octanol–water partition coefficient (Wildman–Crippen LogP) is 4.59. The first-order valence-electron chi connectivity index (χ1n) is 10.1. The zero-order valence-electron chi connectivity index (χ0n) is 18.8. The summed E-state index contributed by atoms with van der Waals surface area (Å²) in [6.07, 6.45) is -3.42. The van der Waals surface area contributed by atoms with Crippen LogP contribution in [0.25, 0.3) is 0 Å². The second-order valence-corrected chi connectivity index (χ2v) is 8.47. The zero-order chi connectivity index (χ0) is 24.5. The van der Waals surface area contributed by atoms with Crippen LogP contribution in [0.5, 0.6) is 0 Å². The normalized spacial score (nSPS) is 16.6. The summed E-state index contributed by atoms with van der Waals surface area (Å²) in [5.41, 5.74) is -0.817. The molecule has 0 N–H and O–H groups in total. The molecule has 0 bridgehead atoms. The van der Waals surface area contributed by atoms with Gasteiger partial charge in [-0.3, -0.25) is 4.90 Å². The fourth-order valence-electron chi connectivity index (χ4n) is 2.77. The topological polar surface area (TPSA) is 68.3 Å². The zero-order valence-corrected chi connectivity index (χ0v) is 19.5. The molecule has 0 aromatic carbocycles. The van der Waals surface area contributed by atoms with E-state index in [2.05, 4.69) is 11.3 Å². The average molecular weight is 483 g/mol. The number of carbonyl (C=O) groups is 2. The Hall–Kier alpha value is -2.20. The first-order chi connectivity index (χ1) is 14.7. The van der Waals surface area contributed by atoms with Crippen LogP contribution in [-0.4, -0.2) is 73.2 Å². The minimum atomic E-state index is -4.93. The molecule has 7 nitrogen and oxygen atoms in total. The highest BCUT2D eigenvalue weighted by Gasteiger charge is 2.33. The van der Waals surface area contributed by atoms with Crippen molar-refractivity contribution in [1.29, 1.82) is 0 Å². The van der Waals surface area contributed by atoms with Crippen LogP contribution in [0.1, 0.15) is 34.1 Å². The van der Waals surface area contributed by atoms with Gasteiger partial charge in [0.25, 0.3) is 0 Å². The number of nitrogens with zero attached hydrogens (tertiary/aromatic N) is 2. The van der Waals surface area contributed by atoms with Gasteiger partial charge in [0.1, 0.15) is 11.4 Å². The third-order valence-electron chi connectivity index (χ3n) is 4.08. The Kier molecular flexibility index (Phi) is 10.6. The Bertz CT molecular complexity index is 737. The lowest BCUT2D eigenvalue weighted by molar-refractivity contribution is -0.306. The van der Waals surface area contributed by atoms with E-state index in [0.29, 0.717) is 26.2 Å². The molecule has 0 saturated carbocycles. The van der Waals surface area contributed by atoms with Gasteiger partial charge in [-0.2, -0.15) is 0 Å². The number of allylic oxidation sites excluding steroid dienone is 2. The fraction of sp³-hybridized carbons (Fsp3) is 0.619. The molecule has 0 aliphatic carbocycles. The number of hydrogen-bond donors (Lipinski definition) is 0. The number of esters is 1. The Morgan fingerprint density at radius 1 is 1.06 bits per heavy atom. The second kappa shape index (κ2) is 12.2. The summed E-state index contributed by atoms with van der Waals surface area (Å²) in [6.45, 7) is 12.2. The van der Waals surface area contributed by atoms with Crippen molar-refractivity contribution < 1.29 is 37.0 Å². The van der Waals surface area contributed by atoms with Gasteiger partial charge in [0.2, 0.25) is 0 Å². The second-order valence-electron chi connectivity index (χ2n) is 7.98. The van der Waals surface area contributed by atoms with Crippen molar-refractivity contribution in [1.82, 2.24) is 9.80 Å². The number of halogens is 4. The molecule has 182 valence electrons. The van der Waals surface area contributed by atoms with Crippen molar-refractivity contribution in [2.24, 2.45) is 0 Å². The average Bonchev–Trinajstić information content (AvgIpc) is 2.63. The van der Waals surface area contributed by atoms with Gasteiger partial charge < -0.3 is 19.1 Å². The summed E-state index contributed by atoms with van der Waals surface area (Å²) in [7, 11) is 0. The summed E-state index contributed by atoms with van der Waals surface area (Å²) >= 11 is 5.69. The Morgan fingerprint density at radius 3 is 2.12 bits per heavy atom. The lowest BCUT2D eigenvalue weighted by Crippen LogP contribution is -2.50. The van der Waals surface area contributed by atoms with Crippen LogP contribution in [0.4, 0.5) is 18.0 Å². The molecule has 0 atom stereocenters. The van der Waals surface area contributed by atoms with Crippen LogP contribution in [-0.2, 0) is 19.0 Å². The molecule has 11 heteroatoms. The van der Waals surface area contributed by atoms with Crippen LogP contribution in [0.3, 0.4) is 0 Å². The molecule has 0 radical (unpaired) electrons. The maximum atomic E-state index is 12.9. The molecular weight excluding hydrogens is 453 g/mol. The molecule has 1 rings (SSSR count). The number of piperazine rings is 1. The third-order valence-corrected chi connectivity index (χ3v) is 4.19. The molecule has 1 amide bonds. The molecule has 1 heterocycles. The van der Waals surface area contributed by atoms with E-state index in [1.165, 1.54) is 0 Å². The summed E-state index contributed by atoms with van der Waals surface area (Å²) < 4.78 is 53.0. The minimum Gasteiger partial charge on any atom is -0.462 e. The molecule has 1 aliphatic rings. The fourth-order valence-corrected chi connectivity index (χ4v) is 2.88. The summed E-state index contributed by atoms with van der Waals surface area (Å²) in [6, 6.07) is 0. The van der Waals surface area contributed by atoms with Gasteiger partial charge in [-0.15, -0.1) is 13.2 Å². The van der Waals surface area contributed by atoms with Crippen LogP contribution in [0.15, 0.2) is 35.1 Å². The largest absolute Gasteiger partial charge is 0.572 e. The van der Waals surface area contributed by atoms with Gasteiger partial charge >= 0.3 is 18.4 Å². The molecule has 0 aromatic rings. The highest BCUT2D eigenvalue weighted by atomic mass is 35.5. The van der Waals surface area contributed by atoms with Crippen molar-refractivity contribution in [3.05, 3.63) is 35.1 Å². The number of ether oxygens (including phenoxy) is 3. The molecular formula is C21H30ClF3N2O5. The van der Waals surface area contributed by atoms with E-state index < -0.39 is 29.8 Å². The van der Waals surface area contributed by atoms with Crippen molar-refractivity contribution >= 4 is 23.7 Å². The van der Waals surface area contributed by atoms with Crippen molar-refractivity contribution in [3.63, 3.8) is 0 Å². The summed E-state index contributed by atoms with van der Waals surface area (Å²) in [4.78, 5) is 27.6. The van der Waals surface area contributed by atoms with E-state index in [9.17, 15) is 22.8 Å². The SMILES string of the molecule is C=C(Cl)/C=C(\C=C(/CCN1CCN(C(=O)OC(C)(C)C)CC1)OC(F)(F)F)C(=O)OCC. The highest BCUT2D eigenvalue weighted by Crippen LogP contribution is 2.25. The van der Waals surface area contributed by atoms with E-state index in [1.54, 1.807) is 32.6 Å². The molecule has 1 saturated heterocycles. The van der Waals surface area contributed by atoms with E-state index in [4.69, 9.17) is 21.1 Å². The molecule has 1 aliphatic heterocycles.